The third-order valence-corrected chi connectivity index (χ3v) is 3.32. The third kappa shape index (κ3) is 5.03. The summed E-state index contributed by atoms with van der Waals surface area (Å²) < 4.78 is 0. The first-order valence-electron chi connectivity index (χ1n) is 6.06. The van der Waals surface area contributed by atoms with Gasteiger partial charge in [0.25, 0.3) is 0 Å². The van der Waals surface area contributed by atoms with Gasteiger partial charge in [-0.1, -0.05) is 11.8 Å². The fourth-order valence-electron chi connectivity index (χ4n) is 1.64. The summed E-state index contributed by atoms with van der Waals surface area (Å²) in [5.41, 5.74) is 0.487. The predicted octanol–water partition coefficient (Wildman–Crippen LogP) is 2.55. The lowest BCUT2D eigenvalue weighted by molar-refractivity contribution is 0.397. The minimum Gasteiger partial charge on any atom is -0.297 e. The second-order valence-corrected chi connectivity index (χ2v) is 5.88. The van der Waals surface area contributed by atoms with Gasteiger partial charge in [0, 0.05) is 23.7 Å². The summed E-state index contributed by atoms with van der Waals surface area (Å²) in [6.45, 7) is 7.98. The molecule has 0 aliphatic heterocycles. The fourth-order valence-corrected chi connectivity index (χ4v) is 2.68. The van der Waals surface area contributed by atoms with Crippen molar-refractivity contribution in [2.24, 2.45) is 0 Å². The highest BCUT2D eigenvalue weighted by Gasteiger charge is 2.23. The fraction of sp³-hybridized carbons (Fsp3) is 0.615. The molecule has 1 heterocycles. The summed E-state index contributed by atoms with van der Waals surface area (Å²) in [4.78, 5) is 8.52. The van der Waals surface area contributed by atoms with Crippen molar-refractivity contribution in [1.82, 2.24) is 15.3 Å². The van der Waals surface area contributed by atoms with E-state index in [1.807, 2.05) is 33.8 Å². The number of thioether (sulfide) groups is 1. The molecular formula is C13H20N4S. The number of hydrogen-bond acceptors (Lipinski definition) is 5. The minimum atomic E-state index is -0.481. The molecule has 1 atom stereocenters. The Balaban J connectivity index is 2.47. The van der Waals surface area contributed by atoms with Gasteiger partial charge < -0.3 is 0 Å². The van der Waals surface area contributed by atoms with Crippen LogP contribution in [0, 0.1) is 18.3 Å². The summed E-state index contributed by atoms with van der Waals surface area (Å²) >= 11 is 1.59. The maximum absolute atomic E-state index is 9.22. The molecule has 0 aliphatic carbocycles. The Hall–Kier alpha value is -1.12. The molecule has 0 aliphatic rings. The van der Waals surface area contributed by atoms with E-state index < -0.39 is 5.54 Å². The molecule has 4 nitrogen and oxygen atoms in total. The summed E-state index contributed by atoms with van der Waals surface area (Å²) in [7, 11) is 0. The number of nitrogens with zero attached hydrogens (tertiary/aromatic N) is 3. The van der Waals surface area contributed by atoms with Crippen molar-refractivity contribution in [3.8, 4) is 6.07 Å². The lowest BCUT2D eigenvalue weighted by atomic mass is 10.0. The Bertz CT molecular complexity index is 427. The monoisotopic (exact) mass is 264 g/mol. The molecule has 0 aromatic carbocycles. The van der Waals surface area contributed by atoms with Crippen molar-refractivity contribution in [1.29, 1.82) is 5.26 Å². The zero-order chi connectivity index (χ0) is 13.6. The first-order chi connectivity index (χ1) is 8.45. The smallest absolute Gasteiger partial charge is 0.187 e. The van der Waals surface area contributed by atoms with Gasteiger partial charge in [0.2, 0.25) is 0 Å². The number of aromatic nitrogens is 2. The number of rotatable bonds is 6. The van der Waals surface area contributed by atoms with E-state index in [2.05, 4.69) is 21.4 Å². The van der Waals surface area contributed by atoms with E-state index in [-0.39, 0.29) is 0 Å². The van der Waals surface area contributed by atoms with Gasteiger partial charge in [-0.25, -0.2) is 9.97 Å². The lowest BCUT2D eigenvalue weighted by Crippen LogP contribution is -2.45. The number of hydrogen-bond donors (Lipinski definition) is 1. The predicted molar refractivity (Wildman–Crippen MR) is 74.4 cm³/mol. The second-order valence-electron chi connectivity index (χ2n) is 4.82. The molecule has 1 N–H and O–H groups in total. The Morgan fingerprint density at radius 1 is 1.56 bits per heavy atom. The molecule has 5 heteroatoms. The van der Waals surface area contributed by atoms with E-state index in [0.717, 1.165) is 23.0 Å². The second kappa shape index (κ2) is 6.72. The van der Waals surface area contributed by atoms with Crippen LogP contribution in [-0.2, 0) is 0 Å². The third-order valence-electron chi connectivity index (χ3n) is 2.46. The largest absolute Gasteiger partial charge is 0.297 e. The number of nitrogens with one attached hydrogen (secondary N) is 1. The Labute approximate surface area is 113 Å². The van der Waals surface area contributed by atoms with E-state index in [9.17, 15) is 5.26 Å². The van der Waals surface area contributed by atoms with Crippen molar-refractivity contribution < 1.29 is 0 Å². The van der Waals surface area contributed by atoms with Crippen LogP contribution in [0.3, 0.4) is 0 Å². The molecule has 0 saturated heterocycles. The van der Waals surface area contributed by atoms with Crippen LogP contribution in [0.5, 0.6) is 0 Å². The highest BCUT2D eigenvalue weighted by molar-refractivity contribution is 7.99. The van der Waals surface area contributed by atoms with Gasteiger partial charge in [0.05, 0.1) is 6.07 Å². The minimum absolute atomic E-state index is 0.301. The van der Waals surface area contributed by atoms with E-state index in [1.54, 1.807) is 18.0 Å². The average molecular weight is 264 g/mol. The Morgan fingerprint density at radius 3 is 2.83 bits per heavy atom. The molecule has 0 amide bonds. The Kier molecular flexibility index (Phi) is 5.57. The molecule has 0 bridgehead atoms. The Morgan fingerprint density at radius 2 is 2.28 bits per heavy atom. The van der Waals surface area contributed by atoms with Crippen LogP contribution in [0.4, 0.5) is 0 Å². The molecule has 1 aromatic heterocycles. The standard InChI is InChI=1S/C13H20N4S/c1-10(2)17-13(4,9-14)6-8-18-12-15-7-5-11(3)16-12/h5,7,10,17H,6,8H2,1-4H3. The normalized spacial score (nSPS) is 14.2. The molecule has 18 heavy (non-hydrogen) atoms. The quantitative estimate of drug-likeness (QED) is 0.632. The van der Waals surface area contributed by atoms with Crippen LogP contribution in [-0.4, -0.2) is 27.3 Å². The molecule has 0 radical (unpaired) electrons. The van der Waals surface area contributed by atoms with Gasteiger partial charge >= 0.3 is 0 Å². The van der Waals surface area contributed by atoms with Gasteiger partial charge in [-0.05, 0) is 40.2 Å². The van der Waals surface area contributed by atoms with E-state index in [0.29, 0.717) is 6.04 Å². The molecule has 1 aromatic rings. The van der Waals surface area contributed by atoms with Crippen LogP contribution in [0.1, 0.15) is 32.9 Å². The van der Waals surface area contributed by atoms with Gasteiger partial charge in [0.1, 0.15) is 5.54 Å². The van der Waals surface area contributed by atoms with Gasteiger partial charge in [-0.15, -0.1) is 0 Å². The molecule has 0 saturated carbocycles. The first kappa shape index (κ1) is 14.9. The maximum Gasteiger partial charge on any atom is 0.187 e. The molecular weight excluding hydrogens is 244 g/mol. The summed E-state index contributed by atoms with van der Waals surface area (Å²) in [6, 6.07) is 4.52. The lowest BCUT2D eigenvalue weighted by Gasteiger charge is -2.25. The van der Waals surface area contributed by atoms with Crippen molar-refractivity contribution in [3.05, 3.63) is 18.0 Å². The van der Waals surface area contributed by atoms with Crippen LogP contribution in [0.15, 0.2) is 17.4 Å². The van der Waals surface area contributed by atoms with Crippen LogP contribution in [0.25, 0.3) is 0 Å². The van der Waals surface area contributed by atoms with Crippen molar-refractivity contribution in [2.75, 3.05) is 5.75 Å². The van der Waals surface area contributed by atoms with E-state index in [4.69, 9.17) is 0 Å². The highest BCUT2D eigenvalue weighted by Crippen LogP contribution is 2.19. The number of nitriles is 1. The molecule has 98 valence electrons. The summed E-state index contributed by atoms with van der Waals surface area (Å²) in [5, 5.41) is 13.3. The van der Waals surface area contributed by atoms with Gasteiger partial charge in [-0.3, -0.25) is 5.32 Å². The number of aryl methyl sites for hydroxylation is 1. The van der Waals surface area contributed by atoms with Crippen LogP contribution < -0.4 is 5.32 Å². The van der Waals surface area contributed by atoms with Gasteiger partial charge in [0.15, 0.2) is 5.16 Å². The SMILES string of the molecule is Cc1ccnc(SCCC(C)(C#N)NC(C)C)n1. The highest BCUT2D eigenvalue weighted by atomic mass is 32.2. The van der Waals surface area contributed by atoms with Crippen molar-refractivity contribution in [3.63, 3.8) is 0 Å². The average Bonchev–Trinajstić information content (AvgIpc) is 2.28. The topological polar surface area (TPSA) is 61.6 Å². The van der Waals surface area contributed by atoms with Crippen molar-refractivity contribution in [2.45, 2.75) is 50.9 Å². The maximum atomic E-state index is 9.22. The van der Waals surface area contributed by atoms with E-state index >= 15 is 0 Å². The van der Waals surface area contributed by atoms with Crippen LogP contribution >= 0.6 is 11.8 Å². The molecule has 0 spiro atoms. The summed E-state index contributed by atoms with van der Waals surface area (Å²) in [6.07, 6.45) is 2.53. The molecule has 1 rings (SSSR count). The molecule has 0 fully saturated rings. The first-order valence-corrected chi connectivity index (χ1v) is 7.05. The van der Waals surface area contributed by atoms with Crippen molar-refractivity contribution >= 4 is 11.8 Å². The van der Waals surface area contributed by atoms with Crippen LogP contribution in [0.2, 0.25) is 0 Å². The molecule has 1 unspecified atom stereocenters. The zero-order valence-electron chi connectivity index (χ0n) is 11.4. The van der Waals surface area contributed by atoms with E-state index in [1.165, 1.54) is 0 Å². The summed E-state index contributed by atoms with van der Waals surface area (Å²) in [5.74, 6) is 0.827. The van der Waals surface area contributed by atoms with Gasteiger partial charge in [-0.2, -0.15) is 5.26 Å². The zero-order valence-corrected chi connectivity index (χ0v) is 12.2.